The largest absolute Gasteiger partial charge is 0.491 e. The van der Waals surface area contributed by atoms with Crippen LogP contribution in [0, 0.1) is 11.3 Å². The van der Waals surface area contributed by atoms with Crippen LogP contribution in [0.15, 0.2) is 24.3 Å². The SMILES string of the molecule is CC(N)Cc1cccc(OCCOC(C)C#N)c1. The fraction of sp³-hybridized carbons (Fsp3) is 0.500. The van der Waals surface area contributed by atoms with Gasteiger partial charge in [0.1, 0.15) is 18.5 Å². The normalized spacial score (nSPS) is 13.7. The molecule has 4 nitrogen and oxygen atoms in total. The molecule has 4 heteroatoms. The second-order valence-electron chi connectivity index (χ2n) is 4.32. The summed E-state index contributed by atoms with van der Waals surface area (Å²) in [7, 11) is 0. The molecule has 0 aliphatic rings. The summed E-state index contributed by atoms with van der Waals surface area (Å²) in [6.45, 7) is 4.54. The predicted octanol–water partition coefficient (Wildman–Crippen LogP) is 1.88. The van der Waals surface area contributed by atoms with Crippen LogP contribution < -0.4 is 10.5 Å². The molecule has 0 aliphatic heterocycles. The van der Waals surface area contributed by atoms with Crippen molar-refractivity contribution in [1.29, 1.82) is 5.26 Å². The molecule has 0 aromatic heterocycles. The maximum Gasteiger partial charge on any atom is 0.141 e. The molecule has 0 saturated heterocycles. The van der Waals surface area contributed by atoms with Gasteiger partial charge in [-0.05, 0) is 38.0 Å². The smallest absolute Gasteiger partial charge is 0.141 e. The minimum Gasteiger partial charge on any atom is -0.491 e. The van der Waals surface area contributed by atoms with Crippen molar-refractivity contribution in [2.45, 2.75) is 32.4 Å². The first-order chi connectivity index (χ1) is 8.61. The Bertz CT molecular complexity index is 399. The first kappa shape index (κ1) is 14.5. The van der Waals surface area contributed by atoms with Crippen molar-refractivity contribution in [3.63, 3.8) is 0 Å². The van der Waals surface area contributed by atoms with Crippen molar-refractivity contribution in [2.24, 2.45) is 5.73 Å². The van der Waals surface area contributed by atoms with Crippen LogP contribution in [0.25, 0.3) is 0 Å². The van der Waals surface area contributed by atoms with E-state index in [1.165, 1.54) is 0 Å². The third kappa shape index (κ3) is 5.67. The summed E-state index contributed by atoms with van der Waals surface area (Å²) >= 11 is 0. The molecular formula is C14H20N2O2. The number of ether oxygens (including phenoxy) is 2. The molecule has 2 N–H and O–H groups in total. The molecule has 0 saturated carbocycles. The molecule has 0 spiro atoms. The van der Waals surface area contributed by atoms with Crippen molar-refractivity contribution in [1.82, 2.24) is 0 Å². The minimum absolute atomic E-state index is 0.139. The summed E-state index contributed by atoms with van der Waals surface area (Å²) in [6, 6.07) is 10.0. The van der Waals surface area contributed by atoms with Gasteiger partial charge >= 0.3 is 0 Å². The van der Waals surface area contributed by atoms with Gasteiger partial charge in [-0.25, -0.2) is 0 Å². The molecule has 2 atom stereocenters. The molecule has 1 aromatic carbocycles. The first-order valence-corrected chi connectivity index (χ1v) is 6.10. The highest BCUT2D eigenvalue weighted by atomic mass is 16.5. The Morgan fingerprint density at radius 3 is 2.78 bits per heavy atom. The average molecular weight is 248 g/mol. The lowest BCUT2D eigenvalue weighted by Gasteiger charge is -2.10. The van der Waals surface area contributed by atoms with E-state index in [1.807, 2.05) is 37.3 Å². The molecule has 0 aliphatic carbocycles. The van der Waals surface area contributed by atoms with Crippen LogP contribution in [0.4, 0.5) is 0 Å². The highest BCUT2D eigenvalue weighted by Gasteiger charge is 2.01. The molecule has 0 amide bonds. The Kier molecular flexibility index (Phi) is 6.20. The van der Waals surface area contributed by atoms with Crippen LogP contribution in [-0.4, -0.2) is 25.4 Å². The lowest BCUT2D eigenvalue weighted by atomic mass is 10.1. The molecule has 0 fully saturated rings. The van der Waals surface area contributed by atoms with Gasteiger partial charge in [0.2, 0.25) is 0 Å². The van der Waals surface area contributed by atoms with E-state index >= 15 is 0 Å². The molecule has 0 bridgehead atoms. The molecule has 2 unspecified atom stereocenters. The Balaban J connectivity index is 2.36. The number of hydrogen-bond donors (Lipinski definition) is 1. The van der Waals surface area contributed by atoms with Gasteiger partial charge in [-0.15, -0.1) is 0 Å². The van der Waals surface area contributed by atoms with Crippen LogP contribution >= 0.6 is 0 Å². The number of benzene rings is 1. The van der Waals surface area contributed by atoms with E-state index in [9.17, 15) is 0 Å². The number of nitrogens with zero attached hydrogens (tertiary/aromatic N) is 1. The van der Waals surface area contributed by atoms with E-state index in [-0.39, 0.29) is 6.04 Å². The Morgan fingerprint density at radius 1 is 1.33 bits per heavy atom. The topological polar surface area (TPSA) is 68.3 Å². The second-order valence-corrected chi connectivity index (χ2v) is 4.32. The highest BCUT2D eigenvalue weighted by Crippen LogP contribution is 2.14. The predicted molar refractivity (Wildman–Crippen MR) is 70.3 cm³/mol. The molecule has 1 aromatic rings. The number of nitriles is 1. The van der Waals surface area contributed by atoms with Gasteiger partial charge in [-0.3, -0.25) is 0 Å². The van der Waals surface area contributed by atoms with Crippen molar-refractivity contribution in [2.75, 3.05) is 13.2 Å². The summed E-state index contributed by atoms with van der Waals surface area (Å²) in [5.41, 5.74) is 6.91. The summed E-state index contributed by atoms with van der Waals surface area (Å²) in [4.78, 5) is 0. The molecular weight excluding hydrogens is 228 g/mol. The zero-order valence-electron chi connectivity index (χ0n) is 10.9. The van der Waals surface area contributed by atoms with Gasteiger partial charge in [-0.1, -0.05) is 12.1 Å². The van der Waals surface area contributed by atoms with Gasteiger partial charge in [0.05, 0.1) is 12.7 Å². The Labute approximate surface area is 108 Å². The number of nitrogens with two attached hydrogens (primary N) is 1. The minimum atomic E-state index is -0.391. The fourth-order valence-corrected chi connectivity index (χ4v) is 1.56. The van der Waals surface area contributed by atoms with Crippen molar-refractivity contribution in [3.05, 3.63) is 29.8 Å². The van der Waals surface area contributed by atoms with Crippen molar-refractivity contribution in [3.8, 4) is 11.8 Å². The Hall–Kier alpha value is -1.57. The van der Waals surface area contributed by atoms with Gasteiger partial charge < -0.3 is 15.2 Å². The summed E-state index contributed by atoms with van der Waals surface area (Å²) in [6.07, 6.45) is 0.442. The summed E-state index contributed by atoms with van der Waals surface area (Å²) in [5.74, 6) is 0.807. The molecule has 0 heterocycles. The van der Waals surface area contributed by atoms with E-state index in [0.29, 0.717) is 13.2 Å². The lowest BCUT2D eigenvalue weighted by Crippen LogP contribution is -2.17. The Morgan fingerprint density at radius 2 is 2.11 bits per heavy atom. The van der Waals surface area contributed by atoms with E-state index in [4.69, 9.17) is 20.5 Å². The molecule has 18 heavy (non-hydrogen) atoms. The zero-order chi connectivity index (χ0) is 13.4. The van der Waals surface area contributed by atoms with Gasteiger partial charge in [0.25, 0.3) is 0 Å². The first-order valence-electron chi connectivity index (χ1n) is 6.10. The van der Waals surface area contributed by atoms with Crippen molar-refractivity contribution < 1.29 is 9.47 Å². The monoisotopic (exact) mass is 248 g/mol. The summed E-state index contributed by atoms with van der Waals surface area (Å²) in [5, 5.41) is 8.54. The highest BCUT2D eigenvalue weighted by molar-refractivity contribution is 5.28. The number of rotatable bonds is 7. The maximum atomic E-state index is 8.54. The van der Waals surface area contributed by atoms with E-state index < -0.39 is 6.10 Å². The van der Waals surface area contributed by atoms with Crippen LogP contribution in [0.2, 0.25) is 0 Å². The van der Waals surface area contributed by atoms with Crippen molar-refractivity contribution >= 4 is 0 Å². The fourth-order valence-electron chi connectivity index (χ4n) is 1.56. The molecule has 98 valence electrons. The standard InChI is InChI=1S/C14H20N2O2/c1-11(16)8-13-4-3-5-14(9-13)18-7-6-17-12(2)10-15/h3-5,9,11-12H,6-8,16H2,1-2H3. The maximum absolute atomic E-state index is 8.54. The second kappa shape index (κ2) is 7.70. The lowest BCUT2D eigenvalue weighted by molar-refractivity contribution is 0.0744. The van der Waals surface area contributed by atoms with E-state index in [2.05, 4.69) is 0 Å². The van der Waals surface area contributed by atoms with Gasteiger partial charge in [0, 0.05) is 6.04 Å². The number of hydrogen-bond acceptors (Lipinski definition) is 4. The van der Waals surface area contributed by atoms with Crippen LogP contribution in [0.5, 0.6) is 5.75 Å². The van der Waals surface area contributed by atoms with E-state index in [1.54, 1.807) is 6.92 Å². The third-order valence-corrected chi connectivity index (χ3v) is 2.36. The zero-order valence-corrected chi connectivity index (χ0v) is 10.9. The van der Waals surface area contributed by atoms with Gasteiger partial charge in [-0.2, -0.15) is 5.26 Å². The van der Waals surface area contributed by atoms with Gasteiger partial charge in [0.15, 0.2) is 0 Å². The van der Waals surface area contributed by atoms with Crippen LogP contribution in [0.3, 0.4) is 0 Å². The molecule has 0 radical (unpaired) electrons. The average Bonchev–Trinajstić information content (AvgIpc) is 2.34. The molecule has 1 rings (SSSR count). The summed E-state index contributed by atoms with van der Waals surface area (Å²) < 4.78 is 10.7. The quantitative estimate of drug-likeness (QED) is 0.748. The third-order valence-electron chi connectivity index (χ3n) is 2.36. The van der Waals surface area contributed by atoms with E-state index in [0.717, 1.165) is 17.7 Å². The van der Waals surface area contributed by atoms with Crippen LogP contribution in [-0.2, 0) is 11.2 Å². The van der Waals surface area contributed by atoms with Crippen LogP contribution in [0.1, 0.15) is 19.4 Å².